The summed E-state index contributed by atoms with van der Waals surface area (Å²) in [4.78, 5) is 10.2. The number of hydrogen-bond acceptors (Lipinski definition) is 1. The second kappa shape index (κ2) is 10.1. The Morgan fingerprint density at radius 2 is 1.73 bits per heavy atom. The zero-order valence-corrected chi connectivity index (χ0v) is 10.2. The Bertz CT molecular complexity index is 165. The van der Waals surface area contributed by atoms with Crippen LogP contribution in [0.3, 0.4) is 0 Å². The van der Waals surface area contributed by atoms with Crippen LogP contribution < -0.4 is 5.32 Å². The normalized spacial score (nSPS) is 12.4. The van der Waals surface area contributed by atoms with E-state index in [0.717, 1.165) is 19.3 Å². The van der Waals surface area contributed by atoms with Crippen LogP contribution in [0, 0.1) is 0 Å². The van der Waals surface area contributed by atoms with Crippen LogP contribution in [-0.2, 0) is 0 Å². The predicted molar refractivity (Wildman–Crippen MR) is 63.4 cm³/mol. The lowest BCUT2D eigenvalue weighted by Crippen LogP contribution is -2.28. The average Bonchev–Trinajstić information content (AvgIpc) is 2.15. The third kappa shape index (κ3) is 11.5. The summed E-state index contributed by atoms with van der Waals surface area (Å²) in [6.07, 6.45) is 8.25. The second-order valence-corrected chi connectivity index (χ2v) is 4.35. The molecule has 1 amide bonds. The molecule has 2 N–H and O–H groups in total. The molecule has 90 valence electrons. The van der Waals surface area contributed by atoms with Crippen LogP contribution in [0.2, 0.25) is 0 Å². The molecule has 0 aliphatic rings. The monoisotopic (exact) mass is 235 g/mol. The van der Waals surface area contributed by atoms with Gasteiger partial charge in [-0.25, -0.2) is 4.79 Å². The van der Waals surface area contributed by atoms with Crippen molar-refractivity contribution in [2.75, 3.05) is 0 Å². The number of unbranched alkanes of at least 4 members (excludes halogenated alkanes) is 6. The number of hydrogen-bond donors (Lipinski definition) is 2. The zero-order valence-electron chi connectivity index (χ0n) is 9.47. The van der Waals surface area contributed by atoms with E-state index >= 15 is 0 Å². The fourth-order valence-corrected chi connectivity index (χ4v) is 1.73. The van der Waals surface area contributed by atoms with Crippen LogP contribution in [0.25, 0.3) is 0 Å². The Kier molecular flexibility index (Phi) is 9.79. The summed E-state index contributed by atoms with van der Waals surface area (Å²) in [5.41, 5.74) is -0.432. The first-order chi connectivity index (χ1) is 7.16. The lowest BCUT2D eigenvalue weighted by molar-refractivity contribution is 0.192. The molecular weight excluding hydrogens is 214 g/mol. The van der Waals surface area contributed by atoms with Crippen LogP contribution in [0.5, 0.6) is 0 Å². The van der Waals surface area contributed by atoms with Crippen molar-refractivity contribution in [2.24, 2.45) is 0 Å². The molecule has 1 unspecified atom stereocenters. The predicted octanol–water partition coefficient (Wildman–Crippen LogP) is 3.96. The van der Waals surface area contributed by atoms with Gasteiger partial charge >= 0.3 is 6.09 Å². The molecule has 0 aromatic carbocycles. The zero-order chi connectivity index (χ0) is 11.5. The minimum atomic E-state index is -1.04. The first-order valence-corrected chi connectivity index (χ1v) is 6.24. The smallest absolute Gasteiger partial charge is 0.405 e. The molecule has 0 radical (unpaired) electrons. The van der Waals surface area contributed by atoms with Crippen LogP contribution in [0.15, 0.2) is 0 Å². The number of amides is 1. The highest BCUT2D eigenvalue weighted by Crippen LogP contribution is 2.10. The van der Waals surface area contributed by atoms with Crippen molar-refractivity contribution in [1.29, 1.82) is 0 Å². The summed E-state index contributed by atoms with van der Waals surface area (Å²) in [6, 6.07) is 0. The van der Waals surface area contributed by atoms with Gasteiger partial charge in [-0.1, -0.05) is 63.5 Å². The summed E-state index contributed by atoms with van der Waals surface area (Å²) in [6.45, 7) is 2.20. The van der Waals surface area contributed by atoms with Gasteiger partial charge in [-0.3, -0.25) is 0 Å². The molecule has 0 fully saturated rings. The van der Waals surface area contributed by atoms with Crippen molar-refractivity contribution in [3.05, 3.63) is 0 Å². The van der Waals surface area contributed by atoms with Crippen LogP contribution in [-0.4, -0.2) is 16.7 Å². The van der Waals surface area contributed by atoms with Crippen molar-refractivity contribution in [1.82, 2.24) is 5.32 Å². The molecule has 3 nitrogen and oxygen atoms in total. The summed E-state index contributed by atoms with van der Waals surface area (Å²) >= 11 is 5.75. The Morgan fingerprint density at radius 1 is 1.20 bits per heavy atom. The second-order valence-electron chi connectivity index (χ2n) is 3.83. The Morgan fingerprint density at radius 3 is 2.27 bits per heavy atom. The quantitative estimate of drug-likeness (QED) is 0.361. The summed E-state index contributed by atoms with van der Waals surface area (Å²) in [5.74, 6) is 0. The Labute approximate surface area is 97.2 Å². The first-order valence-electron chi connectivity index (χ1n) is 5.80. The summed E-state index contributed by atoms with van der Waals surface area (Å²) in [7, 11) is 0. The number of halogens is 1. The van der Waals surface area contributed by atoms with E-state index in [2.05, 4.69) is 12.2 Å². The molecule has 0 aliphatic heterocycles. The van der Waals surface area contributed by atoms with Crippen molar-refractivity contribution in [3.63, 3.8) is 0 Å². The van der Waals surface area contributed by atoms with E-state index in [9.17, 15) is 4.79 Å². The molecule has 4 heteroatoms. The standard InChI is InChI=1S/C11H22ClNO2/c1-2-3-4-5-6-7-8-9-10(12)13-11(14)15/h10,13H,2-9H2,1H3,(H,14,15). The molecule has 1 atom stereocenters. The first kappa shape index (κ1) is 14.6. The number of nitrogens with one attached hydrogen (secondary N) is 1. The third-order valence-electron chi connectivity index (χ3n) is 2.34. The SMILES string of the molecule is CCCCCCCCCC(Cl)NC(=O)O. The van der Waals surface area contributed by atoms with E-state index < -0.39 is 11.6 Å². The molecule has 0 aromatic rings. The van der Waals surface area contributed by atoms with Gasteiger partial charge < -0.3 is 10.4 Å². The highest BCUT2D eigenvalue weighted by molar-refractivity contribution is 6.21. The fraction of sp³-hybridized carbons (Fsp3) is 0.909. The molecule has 0 rings (SSSR count). The molecular formula is C11H22ClNO2. The highest BCUT2D eigenvalue weighted by atomic mass is 35.5. The minimum absolute atomic E-state index is 0.432. The molecule has 0 bridgehead atoms. The van der Waals surface area contributed by atoms with E-state index in [1.165, 1.54) is 32.1 Å². The Hall–Kier alpha value is -0.440. The Balaban J connectivity index is 3.13. The number of carbonyl (C=O) groups is 1. The van der Waals surface area contributed by atoms with E-state index in [-0.39, 0.29) is 0 Å². The van der Waals surface area contributed by atoms with E-state index in [4.69, 9.17) is 16.7 Å². The molecule has 0 aromatic heterocycles. The van der Waals surface area contributed by atoms with Gasteiger partial charge in [0.15, 0.2) is 0 Å². The topological polar surface area (TPSA) is 49.3 Å². The van der Waals surface area contributed by atoms with Gasteiger partial charge in [-0.2, -0.15) is 0 Å². The fourth-order valence-electron chi connectivity index (χ4n) is 1.49. The summed E-state index contributed by atoms with van der Waals surface area (Å²) < 4.78 is 0. The largest absolute Gasteiger partial charge is 0.465 e. The average molecular weight is 236 g/mol. The number of rotatable bonds is 9. The van der Waals surface area contributed by atoms with Gasteiger partial charge in [0, 0.05) is 0 Å². The van der Waals surface area contributed by atoms with Crippen LogP contribution >= 0.6 is 11.6 Å². The van der Waals surface area contributed by atoms with Gasteiger partial charge in [0.1, 0.15) is 5.50 Å². The molecule has 0 spiro atoms. The van der Waals surface area contributed by atoms with E-state index in [1.54, 1.807) is 0 Å². The highest BCUT2D eigenvalue weighted by Gasteiger charge is 2.05. The third-order valence-corrected chi connectivity index (χ3v) is 2.67. The molecule has 15 heavy (non-hydrogen) atoms. The number of alkyl halides is 1. The van der Waals surface area contributed by atoms with Crippen molar-refractivity contribution in [3.8, 4) is 0 Å². The lowest BCUT2D eigenvalue weighted by atomic mass is 10.1. The van der Waals surface area contributed by atoms with Gasteiger partial charge in [0.2, 0.25) is 0 Å². The van der Waals surface area contributed by atoms with Gasteiger partial charge in [-0.05, 0) is 6.42 Å². The van der Waals surface area contributed by atoms with E-state index in [0.29, 0.717) is 0 Å². The van der Waals surface area contributed by atoms with Gasteiger partial charge in [-0.15, -0.1) is 0 Å². The maximum Gasteiger partial charge on any atom is 0.405 e. The van der Waals surface area contributed by atoms with Crippen LogP contribution in [0.1, 0.15) is 58.3 Å². The molecule has 0 heterocycles. The van der Waals surface area contributed by atoms with Crippen molar-refractivity contribution >= 4 is 17.7 Å². The maximum atomic E-state index is 10.2. The van der Waals surface area contributed by atoms with Gasteiger partial charge in [0.05, 0.1) is 0 Å². The van der Waals surface area contributed by atoms with Crippen molar-refractivity contribution in [2.45, 2.75) is 63.8 Å². The molecule has 0 saturated carbocycles. The molecule has 0 aliphatic carbocycles. The maximum absolute atomic E-state index is 10.2. The van der Waals surface area contributed by atoms with Gasteiger partial charge in [0.25, 0.3) is 0 Å². The van der Waals surface area contributed by atoms with Crippen molar-refractivity contribution < 1.29 is 9.90 Å². The lowest BCUT2D eigenvalue weighted by Gasteiger charge is -2.08. The minimum Gasteiger partial charge on any atom is -0.465 e. The molecule has 0 saturated heterocycles. The van der Waals surface area contributed by atoms with E-state index in [1.807, 2.05) is 0 Å². The summed E-state index contributed by atoms with van der Waals surface area (Å²) in [5, 5.41) is 10.6. The number of carboxylic acid groups (broad SMARTS) is 1. The van der Waals surface area contributed by atoms with Crippen LogP contribution in [0.4, 0.5) is 4.79 Å².